The lowest BCUT2D eigenvalue weighted by Crippen LogP contribution is -2.39. The summed E-state index contributed by atoms with van der Waals surface area (Å²) in [6.07, 6.45) is 0.933. The van der Waals surface area contributed by atoms with Gasteiger partial charge in [-0.2, -0.15) is 0 Å². The summed E-state index contributed by atoms with van der Waals surface area (Å²) in [7, 11) is 2.14. The first-order valence-corrected chi connectivity index (χ1v) is 10.9. The van der Waals surface area contributed by atoms with E-state index in [0.717, 1.165) is 61.8 Å². The first-order chi connectivity index (χ1) is 13.5. The van der Waals surface area contributed by atoms with Crippen LogP contribution in [0.1, 0.15) is 34.6 Å². The minimum Gasteiger partial charge on any atom is -0.397 e. The quantitative estimate of drug-likeness (QED) is 0.843. The third-order valence-corrected chi connectivity index (χ3v) is 6.88. The Kier molecular flexibility index (Phi) is 5.44. The van der Waals surface area contributed by atoms with Gasteiger partial charge < -0.3 is 25.2 Å². The molecule has 0 aromatic carbocycles. The number of hydrogen-bond donors (Lipinski definition) is 1. The molecular weight excluding hydrogens is 374 g/mol. The van der Waals surface area contributed by atoms with Crippen molar-refractivity contribution in [1.82, 2.24) is 14.8 Å². The smallest absolute Gasteiger partial charge is 0.266 e. The summed E-state index contributed by atoms with van der Waals surface area (Å²) in [6.45, 7) is 10.3. The van der Waals surface area contributed by atoms with Gasteiger partial charge in [-0.25, -0.2) is 4.98 Å². The fraction of sp³-hybridized carbons (Fsp3) is 0.600. The third-order valence-electron chi connectivity index (χ3n) is 5.80. The van der Waals surface area contributed by atoms with E-state index in [1.165, 1.54) is 22.5 Å². The van der Waals surface area contributed by atoms with Crippen molar-refractivity contribution in [3.05, 3.63) is 16.0 Å². The van der Waals surface area contributed by atoms with E-state index in [1.54, 1.807) is 0 Å². The zero-order chi connectivity index (χ0) is 19.8. The molecule has 4 heterocycles. The summed E-state index contributed by atoms with van der Waals surface area (Å²) >= 11 is 1.44. The Morgan fingerprint density at radius 2 is 1.93 bits per heavy atom. The topological polar surface area (TPSA) is 74.9 Å². The number of hydrogen-bond acceptors (Lipinski definition) is 7. The summed E-state index contributed by atoms with van der Waals surface area (Å²) in [6, 6.07) is 0. The average molecular weight is 404 g/mol. The minimum absolute atomic E-state index is 0.0140. The summed E-state index contributed by atoms with van der Waals surface area (Å²) in [4.78, 5) is 26.0. The third kappa shape index (κ3) is 3.23. The highest BCUT2D eigenvalue weighted by atomic mass is 32.1. The maximum atomic E-state index is 13.0. The zero-order valence-electron chi connectivity index (χ0n) is 17.0. The number of carbonyl (C=O) groups is 1. The van der Waals surface area contributed by atoms with Crippen molar-refractivity contribution < 1.29 is 9.53 Å². The lowest BCUT2D eigenvalue weighted by molar-refractivity contribution is 0.0779. The summed E-state index contributed by atoms with van der Waals surface area (Å²) in [5.41, 5.74) is 9.69. The van der Waals surface area contributed by atoms with Gasteiger partial charge in [-0.15, -0.1) is 11.3 Å². The van der Waals surface area contributed by atoms with Crippen molar-refractivity contribution in [2.24, 2.45) is 0 Å². The largest absolute Gasteiger partial charge is 0.397 e. The molecule has 0 saturated carbocycles. The average Bonchev–Trinajstić information content (AvgIpc) is 3.05. The van der Waals surface area contributed by atoms with Crippen LogP contribution in [0.4, 0.5) is 11.5 Å². The van der Waals surface area contributed by atoms with Crippen LogP contribution in [0.15, 0.2) is 0 Å². The minimum atomic E-state index is 0.0140. The number of morpholine rings is 1. The normalized spacial score (nSPS) is 17.8. The Bertz CT molecular complexity index is 887. The highest BCUT2D eigenvalue weighted by molar-refractivity contribution is 7.21. The lowest BCUT2D eigenvalue weighted by Gasteiger charge is -2.34. The number of nitrogen functional groups attached to an aromatic ring is 1. The molecule has 2 aromatic heterocycles. The number of aromatic nitrogens is 1. The molecule has 2 N–H and O–H groups in total. The molecule has 0 spiro atoms. The van der Waals surface area contributed by atoms with E-state index in [0.29, 0.717) is 23.7 Å². The Hall–Kier alpha value is -1.90. The van der Waals surface area contributed by atoms with Crippen molar-refractivity contribution in [3.63, 3.8) is 0 Å². The van der Waals surface area contributed by atoms with E-state index in [2.05, 4.69) is 16.8 Å². The molecule has 8 heteroatoms. The van der Waals surface area contributed by atoms with Crippen molar-refractivity contribution in [2.45, 2.75) is 26.8 Å². The van der Waals surface area contributed by atoms with E-state index in [9.17, 15) is 4.79 Å². The fourth-order valence-electron chi connectivity index (χ4n) is 4.19. The number of pyridine rings is 1. The van der Waals surface area contributed by atoms with Crippen molar-refractivity contribution in [3.8, 4) is 0 Å². The highest BCUT2D eigenvalue weighted by Gasteiger charge is 2.29. The predicted octanol–water partition coefficient (Wildman–Crippen LogP) is 2.18. The Morgan fingerprint density at radius 3 is 2.61 bits per heavy atom. The van der Waals surface area contributed by atoms with Crippen LogP contribution in [0.25, 0.3) is 10.2 Å². The van der Waals surface area contributed by atoms with Gasteiger partial charge in [0, 0.05) is 50.2 Å². The highest BCUT2D eigenvalue weighted by Crippen LogP contribution is 2.41. The molecule has 2 aromatic rings. The molecule has 1 amide bonds. The molecule has 7 nitrogen and oxygen atoms in total. The first kappa shape index (κ1) is 19.4. The van der Waals surface area contributed by atoms with Gasteiger partial charge in [0.25, 0.3) is 5.91 Å². The Labute approximate surface area is 170 Å². The van der Waals surface area contributed by atoms with Crippen molar-refractivity contribution in [1.29, 1.82) is 0 Å². The molecule has 2 aliphatic heterocycles. The number of nitrogens with zero attached hydrogens (tertiary/aromatic N) is 4. The van der Waals surface area contributed by atoms with E-state index in [1.807, 2.05) is 18.7 Å². The molecule has 2 aliphatic rings. The SMILES string of the molecule is CCN(CC)C(=O)c1sc2nc(N3CCOCC3)c3c(c2c1N)CCN(C)C3. The number of fused-ring (bicyclic) bond motifs is 3. The monoisotopic (exact) mass is 403 g/mol. The second-order valence-corrected chi connectivity index (χ2v) is 8.48. The molecule has 0 radical (unpaired) electrons. The molecule has 152 valence electrons. The predicted molar refractivity (Wildman–Crippen MR) is 114 cm³/mol. The number of carbonyl (C=O) groups excluding carboxylic acids is 1. The fourth-order valence-corrected chi connectivity index (χ4v) is 5.28. The van der Waals surface area contributed by atoms with E-state index >= 15 is 0 Å². The van der Waals surface area contributed by atoms with Crippen LogP contribution in [0.5, 0.6) is 0 Å². The zero-order valence-corrected chi connectivity index (χ0v) is 17.8. The van der Waals surface area contributed by atoms with E-state index < -0.39 is 0 Å². The Balaban J connectivity index is 1.88. The molecule has 0 aliphatic carbocycles. The number of anilines is 2. The van der Waals surface area contributed by atoms with E-state index in [-0.39, 0.29) is 5.91 Å². The lowest BCUT2D eigenvalue weighted by atomic mass is 9.96. The summed E-state index contributed by atoms with van der Waals surface area (Å²) in [5.74, 6) is 1.06. The van der Waals surface area contributed by atoms with Gasteiger partial charge >= 0.3 is 0 Å². The van der Waals surface area contributed by atoms with Crippen LogP contribution >= 0.6 is 11.3 Å². The number of thiophene rings is 1. The van der Waals surface area contributed by atoms with Crippen LogP contribution in [-0.4, -0.2) is 73.7 Å². The Morgan fingerprint density at radius 1 is 1.21 bits per heavy atom. The standard InChI is InChI=1S/C20H29N5O2S/c1-4-24(5-2)20(26)17-16(21)15-13-6-7-23(3)12-14(13)18(22-19(15)28-17)25-8-10-27-11-9-25/h4-12,21H2,1-3H3. The van der Waals surface area contributed by atoms with Crippen LogP contribution in [-0.2, 0) is 17.7 Å². The molecule has 0 bridgehead atoms. The molecule has 0 unspecified atom stereocenters. The molecule has 1 fully saturated rings. The van der Waals surface area contributed by atoms with Crippen LogP contribution in [0.3, 0.4) is 0 Å². The van der Waals surface area contributed by atoms with Gasteiger partial charge in [0.05, 0.1) is 18.9 Å². The van der Waals surface area contributed by atoms with E-state index in [4.69, 9.17) is 15.5 Å². The molecule has 1 saturated heterocycles. The van der Waals surface area contributed by atoms with Crippen LogP contribution < -0.4 is 10.6 Å². The van der Waals surface area contributed by atoms with Gasteiger partial charge in [0.15, 0.2) is 0 Å². The number of rotatable bonds is 4. The summed E-state index contributed by atoms with van der Waals surface area (Å²) in [5, 5.41) is 1.00. The first-order valence-electron chi connectivity index (χ1n) is 10.1. The number of ether oxygens (including phenoxy) is 1. The second kappa shape index (κ2) is 7.85. The molecule has 28 heavy (non-hydrogen) atoms. The number of likely N-dealkylation sites (N-methyl/N-ethyl adjacent to an activating group) is 1. The maximum Gasteiger partial charge on any atom is 0.266 e. The summed E-state index contributed by atoms with van der Waals surface area (Å²) < 4.78 is 5.53. The number of amides is 1. The van der Waals surface area contributed by atoms with Crippen LogP contribution in [0.2, 0.25) is 0 Å². The van der Waals surface area contributed by atoms with Crippen LogP contribution in [0, 0.1) is 0 Å². The van der Waals surface area contributed by atoms with Crippen molar-refractivity contribution >= 4 is 39.0 Å². The van der Waals surface area contributed by atoms with Gasteiger partial charge in [0.1, 0.15) is 15.5 Å². The van der Waals surface area contributed by atoms with Gasteiger partial charge in [-0.05, 0) is 32.9 Å². The van der Waals surface area contributed by atoms with Crippen molar-refractivity contribution in [2.75, 3.05) is 63.6 Å². The van der Waals surface area contributed by atoms with Gasteiger partial charge in [-0.3, -0.25) is 4.79 Å². The maximum absolute atomic E-state index is 13.0. The molecular formula is C20H29N5O2S. The van der Waals surface area contributed by atoms with Gasteiger partial charge in [-0.1, -0.05) is 0 Å². The van der Waals surface area contributed by atoms with Gasteiger partial charge in [0.2, 0.25) is 0 Å². The molecule has 4 rings (SSSR count). The second-order valence-electron chi connectivity index (χ2n) is 7.48. The molecule has 0 atom stereocenters. The number of nitrogens with two attached hydrogens (primary N) is 1.